The van der Waals surface area contributed by atoms with Crippen molar-refractivity contribution in [1.82, 2.24) is 15.0 Å². The lowest BCUT2D eigenvalue weighted by Crippen LogP contribution is -2.44. The molecule has 4 rings (SSSR count). The van der Waals surface area contributed by atoms with E-state index in [1.807, 2.05) is 0 Å². The lowest BCUT2D eigenvalue weighted by Gasteiger charge is -2.27. The van der Waals surface area contributed by atoms with Crippen LogP contribution in [0.1, 0.15) is 41.1 Å². The number of carbonyl (C=O) groups excluding carboxylic acids is 1. The predicted octanol–water partition coefficient (Wildman–Crippen LogP) is 2.59. The van der Waals surface area contributed by atoms with Crippen molar-refractivity contribution >= 4 is 5.91 Å². The molecule has 9 heteroatoms. The number of rotatable bonds is 2. The number of hydrogen-bond donors (Lipinski definition) is 1. The van der Waals surface area contributed by atoms with E-state index in [9.17, 15) is 18.0 Å². The summed E-state index contributed by atoms with van der Waals surface area (Å²) in [6.07, 6.45) is -1.96. The zero-order chi connectivity index (χ0) is 17.8. The molecule has 2 aromatic rings. The summed E-state index contributed by atoms with van der Waals surface area (Å²) in [5.74, 6) is -1.76. The molecule has 1 aromatic carbocycles. The number of hydrogen-bond acceptors (Lipinski definition) is 5. The smallest absolute Gasteiger partial charge is 0.330 e. The van der Waals surface area contributed by atoms with Crippen molar-refractivity contribution in [2.75, 3.05) is 0 Å². The van der Waals surface area contributed by atoms with Gasteiger partial charge in [-0.25, -0.2) is 0 Å². The highest BCUT2D eigenvalue weighted by Gasteiger charge is 2.40. The molecule has 1 aliphatic carbocycles. The third-order valence-corrected chi connectivity index (χ3v) is 4.80. The second kappa shape index (κ2) is 5.55. The molecule has 0 spiro atoms. The molecule has 25 heavy (non-hydrogen) atoms. The largest absolute Gasteiger partial charge is 0.471 e. The number of fused-ring (bicyclic) bond motifs is 1. The average molecular weight is 352 g/mol. The molecule has 132 valence electrons. The lowest BCUT2D eigenvalue weighted by atomic mass is 10.1. The maximum Gasteiger partial charge on any atom is 0.471 e. The molecule has 0 radical (unpaired) electrons. The molecular weight excluding hydrogens is 337 g/mol. The number of halogens is 3. The monoisotopic (exact) mass is 352 g/mol. The van der Waals surface area contributed by atoms with Gasteiger partial charge in [-0.3, -0.25) is 4.79 Å². The van der Waals surface area contributed by atoms with Crippen molar-refractivity contribution in [2.24, 2.45) is 5.73 Å². The number of aromatic nitrogens is 2. The maximum absolute atomic E-state index is 12.7. The molecule has 2 heterocycles. The van der Waals surface area contributed by atoms with Crippen molar-refractivity contribution in [1.29, 1.82) is 0 Å². The molecule has 2 atom stereocenters. The van der Waals surface area contributed by atoms with E-state index in [1.54, 1.807) is 17.0 Å². The first-order valence-corrected chi connectivity index (χ1v) is 7.95. The molecule has 2 N–H and O–H groups in total. The molecule has 6 nitrogen and oxygen atoms in total. The van der Waals surface area contributed by atoms with Crippen LogP contribution in [0.4, 0.5) is 13.2 Å². The number of amides is 1. The van der Waals surface area contributed by atoms with Crippen molar-refractivity contribution in [3.63, 3.8) is 0 Å². The van der Waals surface area contributed by atoms with Crippen LogP contribution in [0.25, 0.3) is 11.4 Å². The van der Waals surface area contributed by atoms with Crippen LogP contribution in [0.5, 0.6) is 0 Å². The fourth-order valence-corrected chi connectivity index (χ4v) is 3.54. The third-order valence-electron chi connectivity index (χ3n) is 4.80. The Morgan fingerprint density at radius 3 is 2.72 bits per heavy atom. The Hall–Kier alpha value is -2.42. The number of nitrogens with two attached hydrogens (primary N) is 1. The third kappa shape index (κ3) is 2.68. The van der Waals surface area contributed by atoms with Crippen molar-refractivity contribution in [3.8, 4) is 11.4 Å². The number of alkyl halides is 3. The summed E-state index contributed by atoms with van der Waals surface area (Å²) in [4.78, 5) is 17.8. The Bertz CT molecular complexity index is 833. The zero-order valence-corrected chi connectivity index (χ0v) is 13.1. The molecule has 1 amide bonds. The fourth-order valence-electron chi connectivity index (χ4n) is 3.54. The van der Waals surface area contributed by atoms with Crippen molar-refractivity contribution in [3.05, 3.63) is 35.2 Å². The van der Waals surface area contributed by atoms with Gasteiger partial charge in [0.2, 0.25) is 5.82 Å². The zero-order valence-electron chi connectivity index (χ0n) is 13.1. The molecule has 1 saturated carbocycles. The van der Waals surface area contributed by atoms with Gasteiger partial charge in [0.15, 0.2) is 0 Å². The van der Waals surface area contributed by atoms with E-state index in [2.05, 4.69) is 14.7 Å². The summed E-state index contributed by atoms with van der Waals surface area (Å²) in [6.45, 7) is 0.465. The summed E-state index contributed by atoms with van der Waals surface area (Å²) in [5, 5.41) is 3.36. The first kappa shape index (κ1) is 16.1. The van der Waals surface area contributed by atoms with Crippen LogP contribution >= 0.6 is 0 Å². The van der Waals surface area contributed by atoms with Crippen LogP contribution < -0.4 is 5.73 Å². The van der Waals surface area contributed by atoms with Gasteiger partial charge in [0.1, 0.15) is 0 Å². The van der Waals surface area contributed by atoms with Gasteiger partial charge in [-0.05, 0) is 30.9 Å². The minimum Gasteiger partial charge on any atom is -0.330 e. The molecular formula is C16H15F3N4O2. The Labute approximate surface area is 140 Å². The molecule has 0 bridgehead atoms. The van der Waals surface area contributed by atoms with Crippen molar-refractivity contribution < 1.29 is 22.5 Å². The Morgan fingerprint density at radius 2 is 2.08 bits per heavy atom. The minimum absolute atomic E-state index is 0.00496. The average Bonchev–Trinajstić information content (AvgIpc) is 3.26. The number of nitrogens with zero attached hydrogens (tertiary/aromatic N) is 3. The molecule has 1 fully saturated rings. The van der Waals surface area contributed by atoms with Gasteiger partial charge in [-0.15, -0.1) is 0 Å². The van der Waals surface area contributed by atoms with Gasteiger partial charge in [0.05, 0.1) is 0 Å². The predicted molar refractivity (Wildman–Crippen MR) is 80.2 cm³/mol. The normalized spacial score (nSPS) is 23.4. The molecule has 1 aromatic heterocycles. The summed E-state index contributed by atoms with van der Waals surface area (Å²) in [5.41, 5.74) is 7.68. The van der Waals surface area contributed by atoms with Crippen LogP contribution in [0.3, 0.4) is 0 Å². The highest BCUT2D eigenvalue weighted by atomic mass is 19.4. The molecule has 0 saturated heterocycles. The molecule has 1 aliphatic heterocycles. The van der Waals surface area contributed by atoms with Crippen molar-refractivity contribution in [2.45, 2.75) is 44.1 Å². The Morgan fingerprint density at radius 1 is 1.28 bits per heavy atom. The summed E-state index contributed by atoms with van der Waals surface area (Å²) in [6, 6.07) is 4.79. The molecule has 0 unspecified atom stereocenters. The van der Waals surface area contributed by atoms with Crippen LogP contribution in [0, 0.1) is 0 Å². The second-order valence-corrected chi connectivity index (χ2v) is 6.39. The Balaban J connectivity index is 1.63. The Kier molecular flexibility index (Phi) is 3.57. The van der Waals surface area contributed by atoms with E-state index in [0.717, 1.165) is 24.8 Å². The highest BCUT2D eigenvalue weighted by molar-refractivity contribution is 5.99. The summed E-state index contributed by atoms with van der Waals surface area (Å²) < 4.78 is 42.0. The van der Waals surface area contributed by atoms with Gasteiger partial charge in [-0.2, -0.15) is 18.2 Å². The van der Waals surface area contributed by atoms with E-state index in [0.29, 0.717) is 17.7 Å². The van der Waals surface area contributed by atoms with Gasteiger partial charge in [-0.1, -0.05) is 17.3 Å². The first-order chi connectivity index (χ1) is 11.8. The summed E-state index contributed by atoms with van der Waals surface area (Å²) in [7, 11) is 0. The van der Waals surface area contributed by atoms with Crippen LogP contribution in [0.2, 0.25) is 0 Å². The number of benzene rings is 1. The van der Waals surface area contributed by atoms with Gasteiger partial charge < -0.3 is 15.2 Å². The quantitative estimate of drug-likeness (QED) is 0.898. The highest BCUT2D eigenvalue weighted by Crippen LogP contribution is 2.34. The van der Waals surface area contributed by atoms with E-state index >= 15 is 0 Å². The van der Waals surface area contributed by atoms with Crippen LogP contribution in [-0.4, -0.2) is 33.0 Å². The first-order valence-electron chi connectivity index (χ1n) is 7.95. The maximum atomic E-state index is 12.7. The van der Waals surface area contributed by atoms with E-state index in [-0.39, 0.29) is 23.8 Å². The van der Waals surface area contributed by atoms with Gasteiger partial charge >= 0.3 is 12.1 Å². The lowest BCUT2D eigenvalue weighted by molar-refractivity contribution is -0.159. The van der Waals surface area contributed by atoms with E-state index < -0.39 is 12.1 Å². The SMILES string of the molecule is N[C@@H]1CCC[C@H]1N1Cc2ccc(-c3noc(C(F)(F)F)n3)cc2C1=O. The number of carbonyl (C=O) groups is 1. The van der Waals surface area contributed by atoms with Gasteiger partial charge in [0, 0.05) is 29.8 Å². The summed E-state index contributed by atoms with van der Waals surface area (Å²) >= 11 is 0. The van der Waals surface area contributed by atoms with Crippen LogP contribution in [0.15, 0.2) is 22.7 Å². The van der Waals surface area contributed by atoms with E-state index in [1.165, 1.54) is 6.07 Å². The van der Waals surface area contributed by atoms with Crippen LogP contribution in [-0.2, 0) is 12.7 Å². The minimum atomic E-state index is -4.70. The second-order valence-electron chi connectivity index (χ2n) is 6.39. The standard InChI is InChI=1S/C16H15F3N4O2/c17-16(18,19)15-21-13(22-25-15)8-4-5-9-7-23(14(24)10(9)6-8)12-3-1-2-11(12)20/h4-6,11-12H,1-3,7,20H2/t11-,12-/m1/s1. The van der Waals surface area contributed by atoms with E-state index in [4.69, 9.17) is 5.73 Å². The molecule has 2 aliphatic rings. The topological polar surface area (TPSA) is 85.2 Å². The fraction of sp³-hybridized carbons (Fsp3) is 0.438. The van der Waals surface area contributed by atoms with Gasteiger partial charge in [0.25, 0.3) is 5.91 Å².